The van der Waals surface area contributed by atoms with Gasteiger partial charge in [0.2, 0.25) is 5.78 Å². The number of para-hydroxylation sites is 2. The van der Waals surface area contributed by atoms with Crippen molar-refractivity contribution < 1.29 is 29.0 Å². The number of carbonyl (C=O) groups excluding carboxylic acids is 3. The molecule has 0 aliphatic carbocycles. The van der Waals surface area contributed by atoms with Gasteiger partial charge < -0.3 is 30.3 Å². The highest BCUT2D eigenvalue weighted by molar-refractivity contribution is 6.19. The largest absolute Gasteiger partial charge is 0.507 e. The number of aromatic nitrogens is 3. The lowest BCUT2D eigenvalue weighted by atomic mass is 10.0. The van der Waals surface area contributed by atoms with Crippen molar-refractivity contribution in [3.8, 4) is 17.0 Å². The highest BCUT2D eigenvalue weighted by Crippen LogP contribution is 2.33. The monoisotopic (exact) mass is 638 g/mol. The standard InChI is InChI=1S/C38H30N4O6/c1-47-37(45)28-16-22(13-14-33(28)43)32-18-27-26-10-3-5-12-31(26)41-34(27)35(42-32)36(44)23-8-6-7-21(15-23)20-48-38(46)29(39)17-24-19-40-30-11-4-2-9-25(24)30/h2-16,18-19,29,40-41,43H,17,20,39H2,1H3. The van der Waals surface area contributed by atoms with Gasteiger partial charge in [0.15, 0.2) is 0 Å². The summed E-state index contributed by atoms with van der Waals surface area (Å²) in [4.78, 5) is 50.6. The van der Waals surface area contributed by atoms with Gasteiger partial charge in [0.25, 0.3) is 0 Å². The van der Waals surface area contributed by atoms with Gasteiger partial charge in [-0.2, -0.15) is 0 Å². The van der Waals surface area contributed by atoms with Crippen molar-refractivity contribution in [1.82, 2.24) is 15.0 Å². The van der Waals surface area contributed by atoms with Crippen LogP contribution < -0.4 is 5.73 Å². The maximum atomic E-state index is 14.2. The maximum Gasteiger partial charge on any atom is 0.341 e. The first-order valence-corrected chi connectivity index (χ1v) is 15.2. The SMILES string of the molecule is COC(=O)c1cc(-c2cc3c([nH]c4ccccc43)c(C(=O)c3cccc(COC(=O)C(N)Cc4c[nH]c5ccccc45)c3)n2)ccc1O. The number of nitrogens with zero attached hydrogens (tertiary/aromatic N) is 1. The number of H-pyrrole nitrogens is 2. The third-order valence-electron chi connectivity index (χ3n) is 8.40. The van der Waals surface area contributed by atoms with E-state index in [0.29, 0.717) is 34.3 Å². The molecule has 0 aliphatic rings. The van der Waals surface area contributed by atoms with E-state index in [4.69, 9.17) is 20.2 Å². The van der Waals surface area contributed by atoms with E-state index in [1.807, 2.05) is 60.8 Å². The highest BCUT2D eigenvalue weighted by atomic mass is 16.5. The fraction of sp³-hybridized carbons (Fsp3) is 0.105. The van der Waals surface area contributed by atoms with E-state index in [9.17, 15) is 19.5 Å². The molecule has 0 spiro atoms. The predicted molar refractivity (Wildman–Crippen MR) is 182 cm³/mol. The number of nitrogens with one attached hydrogen (secondary N) is 2. The number of rotatable bonds is 9. The first kappa shape index (κ1) is 30.4. The molecule has 0 amide bonds. The molecule has 1 atom stereocenters. The second-order valence-electron chi connectivity index (χ2n) is 11.5. The average Bonchev–Trinajstić information content (AvgIpc) is 3.71. The second-order valence-corrected chi connectivity index (χ2v) is 11.5. The molecule has 48 heavy (non-hydrogen) atoms. The number of benzene rings is 4. The number of ether oxygens (including phenoxy) is 2. The summed E-state index contributed by atoms with van der Waals surface area (Å²) < 4.78 is 10.4. The smallest absolute Gasteiger partial charge is 0.341 e. The van der Waals surface area contributed by atoms with E-state index < -0.39 is 18.0 Å². The number of esters is 2. The molecule has 3 heterocycles. The lowest BCUT2D eigenvalue weighted by Crippen LogP contribution is -2.34. The summed E-state index contributed by atoms with van der Waals surface area (Å²) >= 11 is 0. The van der Waals surface area contributed by atoms with Crippen LogP contribution in [0.2, 0.25) is 0 Å². The number of hydrogen-bond acceptors (Lipinski definition) is 8. The van der Waals surface area contributed by atoms with Gasteiger partial charge in [-0.05, 0) is 53.6 Å². The summed E-state index contributed by atoms with van der Waals surface area (Å²) in [6.07, 6.45) is 2.16. The van der Waals surface area contributed by atoms with Gasteiger partial charge in [0, 0.05) is 50.9 Å². The molecule has 3 aromatic heterocycles. The van der Waals surface area contributed by atoms with E-state index in [-0.39, 0.29) is 29.4 Å². The molecular formula is C38H30N4O6. The molecule has 0 aliphatic heterocycles. The van der Waals surface area contributed by atoms with Crippen LogP contribution in [-0.4, -0.2) is 50.9 Å². The first-order chi connectivity index (χ1) is 23.3. The lowest BCUT2D eigenvalue weighted by molar-refractivity contribution is -0.146. The van der Waals surface area contributed by atoms with Gasteiger partial charge in [-0.25, -0.2) is 9.78 Å². The van der Waals surface area contributed by atoms with Crippen molar-refractivity contribution >= 4 is 50.4 Å². The molecule has 7 rings (SSSR count). The zero-order chi connectivity index (χ0) is 33.4. The average molecular weight is 639 g/mol. The normalized spacial score (nSPS) is 12.0. The third-order valence-corrected chi connectivity index (χ3v) is 8.40. The number of nitrogens with two attached hydrogens (primary N) is 1. The van der Waals surface area contributed by atoms with Crippen molar-refractivity contribution in [1.29, 1.82) is 0 Å². The summed E-state index contributed by atoms with van der Waals surface area (Å²) in [7, 11) is 1.23. The van der Waals surface area contributed by atoms with Crippen LogP contribution in [-0.2, 0) is 27.3 Å². The van der Waals surface area contributed by atoms with Crippen molar-refractivity contribution in [2.24, 2.45) is 5.73 Å². The number of methoxy groups -OCH3 is 1. The van der Waals surface area contributed by atoms with Crippen LogP contribution in [0.1, 0.15) is 37.5 Å². The molecule has 238 valence electrons. The molecule has 0 bridgehead atoms. The van der Waals surface area contributed by atoms with E-state index in [0.717, 1.165) is 32.8 Å². The van der Waals surface area contributed by atoms with Gasteiger partial charge in [-0.1, -0.05) is 54.6 Å². The van der Waals surface area contributed by atoms with Crippen LogP contribution in [0.5, 0.6) is 5.75 Å². The van der Waals surface area contributed by atoms with Crippen molar-refractivity contribution in [3.05, 3.63) is 131 Å². The Morgan fingerprint density at radius 1 is 0.875 bits per heavy atom. The van der Waals surface area contributed by atoms with Crippen LogP contribution in [0.15, 0.2) is 103 Å². The number of aromatic amines is 2. The molecule has 1 unspecified atom stereocenters. The van der Waals surface area contributed by atoms with E-state index in [1.165, 1.54) is 19.2 Å². The fourth-order valence-corrected chi connectivity index (χ4v) is 5.95. The topological polar surface area (TPSA) is 160 Å². The molecule has 10 heteroatoms. The van der Waals surface area contributed by atoms with Crippen molar-refractivity contribution in [2.75, 3.05) is 7.11 Å². The van der Waals surface area contributed by atoms with Crippen LogP contribution in [0.3, 0.4) is 0 Å². The molecule has 7 aromatic rings. The van der Waals surface area contributed by atoms with Gasteiger partial charge in [0.05, 0.1) is 18.3 Å². The molecule has 5 N–H and O–H groups in total. The summed E-state index contributed by atoms with van der Waals surface area (Å²) in [5.74, 6) is -1.84. The van der Waals surface area contributed by atoms with Gasteiger partial charge in [0.1, 0.15) is 29.7 Å². The Morgan fingerprint density at radius 2 is 1.65 bits per heavy atom. The van der Waals surface area contributed by atoms with Crippen LogP contribution in [0.25, 0.3) is 44.0 Å². The van der Waals surface area contributed by atoms with E-state index in [1.54, 1.807) is 30.3 Å². The van der Waals surface area contributed by atoms with Crippen LogP contribution in [0.4, 0.5) is 0 Å². The van der Waals surface area contributed by atoms with Crippen molar-refractivity contribution in [2.45, 2.75) is 19.1 Å². The number of aromatic hydroxyl groups is 1. The first-order valence-electron chi connectivity index (χ1n) is 15.2. The maximum absolute atomic E-state index is 14.2. The second kappa shape index (κ2) is 12.5. The van der Waals surface area contributed by atoms with Crippen LogP contribution in [0, 0.1) is 0 Å². The molecule has 4 aromatic carbocycles. The van der Waals surface area contributed by atoms with E-state index in [2.05, 4.69) is 9.97 Å². The molecule has 0 fully saturated rings. The Bertz CT molecular complexity index is 2370. The number of pyridine rings is 1. The van der Waals surface area contributed by atoms with Crippen molar-refractivity contribution in [3.63, 3.8) is 0 Å². The van der Waals surface area contributed by atoms with Gasteiger partial charge in [-0.15, -0.1) is 0 Å². The Balaban J connectivity index is 1.18. The van der Waals surface area contributed by atoms with Gasteiger partial charge in [-0.3, -0.25) is 9.59 Å². The Hall–Kier alpha value is -6.26. The molecule has 0 saturated carbocycles. The fourth-order valence-electron chi connectivity index (χ4n) is 5.95. The number of phenolic OH excluding ortho intramolecular Hbond substituents is 1. The molecule has 0 radical (unpaired) electrons. The Kier molecular flexibility index (Phi) is 7.92. The Labute approximate surface area is 274 Å². The third kappa shape index (κ3) is 5.65. The molecule has 0 saturated heterocycles. The number of phenols is 1. The summed E-state index contributed by atoms with van der Waals surface area (Å²) in [6, 6.07) is 27.8. The zero-order valence-corrected chi connectivity index (χ0v) is 25.8. The van der Waals surface area contributed by atoms with E-state index >= 15 is 0 Å². The highest BCUT2D eigenvalue weighted by Gasteiger charge is 2.22. The number of ketones is 1. The number of hydrogen-bond donors (Lipinski definition) is 4. The molecular weight excluding hydrogens is 608 g/mol. The molecule has 10 nitrogen and oxygen atoms in total. The lowest BCUT2D eigenvalue weighted by Gasteiger charge is -2.12. The predicted octanol–water partition coefficient (Wildman–Crippen LogP) is 6.20. The Morgan fingerprint density at radius 3 is 2.46 bits per heavy atom. The summed E-state index contributed by atoms with van der Waals surface area (Å²) in [6.45, 7) is -0.0688. The summed E-state index contributed by atoms with van der Waals surface area (Å²) in [5, 5.41) is 12.9. The minimum atomic E-state index is -0.865. The quantitative estimate of drug-likeness (QED) is 0.107. The number of carbonyl (C=O) groups is 3. The zero-order valence-electron chi connectivity index (χ0n) is 25.8. The summed E-state index contributed by atoms with van der Waals surface area (Å²) in [5.41, 5.74) is 11.5. The van der Waals surface area contributed by atoms with Crippen LogP contribution >= 0.6 is 0 Å². The minimum absolute atomic E-state index is 0.0212. The van der Waals surface area contributed by atoms with Gasteiger partial charge >= 0.3 is 11.9 Å². The number of fused-ring (bicyclic) bond motifs is 4. The minimum Gasteiger partial charge on any atom is -0.507 e.